The van der Waals surface area contributed by atoms with Gasteiger partial charge in [-0.1, -0.05) is 0 Å². The molecule has 1 aromatic rings. The molecule has 7 heteroatoms. The van der Waals surface area contributed by atoms with Crippen LogP contribution in [-0.4, -0.2) is 58.8 Å². The average Bonchev–Trinajstić information content (AvgIpc) is 2.62. The van der Waals surface area contributed by atoms with E-state index in [1.54, 1.807) is 15.6 Å². The van der Waals surface area contributed by atoms with Crippen LogP contribution in [0.3, 0.4) is 0 Å². The fraction of sp³-hybridized carbons (Fsp3) is 0.643. The van der Waals surface area contributed by atoms with Crippen molar-refractivity contribution >= 4 is 11.8 Å². The van der Waals surface area contributed by atoms with Crippen LogP contribution >= 0.6 is 0 Å². The smallest absolute Gasteiger partial charge is 0.272 e. The van der Waals surface area contributed by atoms with E-state index < -0.39 is 0 Å². The van der Waals surface area contributed by atoms with E-state index >= 15 is 0 Å². The summed E-state index contributed by atoms with van der Waals surface area (Å²) in [5.74, 6) is -0.376. The summed E-state index contributed by atoms with van der Waals surface area (Å²) in [7, 11) is 0. The lowest BCUT2D eigenvalue weighted by Gasteiger charge is -2.27. The van der Waals surface area contributed by atoms with Crippen LogP contribution in [0.15, 0.2) is 6.07 Å². The second-order valence-electron chi connectivity index (χ2n) is 5.64. The molecule has 0 aromatic carbocycles. The molecule has 2 fully saturated rings. The number of rotatable bonds is 2. The minimum Gasteiger partial charge on any atom is -0.378 e. The second-order valence-corrected chi connectivity index (χ2v) is 5.64. The highest BCUT2D eigenvalue weighted by Crippen LogP contribution is 2.17. The molecule has 0 aliphatic carbocycles. The van der Waals surface area contributed by atoms with Crippen LogP contribution in [0.1, 0.15) is 23.1 Å². The molecule has 1 aromatic heterocycles. The Morgan fingerprint density at radius 1 is 1.48 bits per heavy atom. The predicted octanol–water partition coefficient (Wildman–Crippen LogP) is -0.202. The molecule has 2 bridgehead atoms. The van der Waals surface area contributed by atoms with Crippen molar-refractivity contribution < 1.29 is 14.3 Å². The lowest BCUT2D eigenvalue weighted by Crippen LogP contribution is -2.44. The van der Waals surface area contributed by atoms with Crippen molar-refractivity contribution in [3.63, 3.8) is 0 Å². The lowest BCUT2D eigenvalue weighted by molar-refractivity contribution is -0.125. The van der Waals surface area contributed by atoms with Gasteiger partial charge in [-0.3, -0.25) is 14.3 Å². The van der Waals surface area contributed by atoms with E-state index in [1.807, 2.05) is 13.8 Å². The van der Waals surface area contributed by atoms with Crippen LogP contribution in [0.25, 0.3) is 0 Å². The third-order valence-corrected chi connectivity index (χ3v) is 3.94. The first-order valence-electron chi connectivity index (χ1n) is 7.30. The molecule has 21 heavy (non-hydrogen) atoms. The van der Waals surface area contributed by atoms with Gasteiger partial charge < -0.3 is 15.0 Å². The van der Waals surface area contributed by atoms with Crippen LogP contribution in [0.2, 0.25) is 0 Å². The minimum absolute atomic E-state index is 0.0204. The maximum Gasteiger partial charge on any atom is 0.272 e. The number of aromatic nitrogens is 2. The van der Waals surface area contributed by atoms with Crippen molar-refractivity contribution in [2.24, 2.45) is 5.92 Å². The molecule has 114 valence electrons. The number of carbonyl (C=O) groups excluding carboxylic acids is 2. The standard InChI is InChI=1S/C14H20N4O3/c1-3-18-12(4-9(2)16-18)14(20)17-5-10-7-21-8-11(6-17)15-13(10)19/h4,10-11H,3,5-8H2,1-2H3,(H,15,19)/t10-,11+/m1/s1. The molecule has 0 unspecified atom stereocenters. The van der Waals surface area contributed by atoms with Crippen molar-refractivity contribution in [1.82, 2.24) is 20.0 Å². The number of ether oxygens (including phenoxy) is 1. The Bertz CT molecular complexity index is 569. The van der Waals surface area contributed by atoms with Gasteiger partial charge in [0, 0.05) is 19.6 Å². The maximum atomic E-state index is 12.8. The quantitative estimate of drug-likeness (QED) is 0.819. The predicted molar refractivity (Wildman–Crippen MR) is 74.8 cm³/mol. The largest absolute Gasteiger partial charge is 0.378 e. The van der Waals surface area contributed by atoms with Crippen molar-refractivity contribution in [3.8, 4) is 0 Å². The van der Waals surface area contributed by atoms with E-state index in [4.69, 9.17) is 4.74 Å². The molecule has 2 amide bonds. The molecule has 2 aliphatic heterocycles. The van der Waals surface area contributed by atoms with E-state index in [-0.39, 0.29) is 23.8 Å². The number of nitrogens with zero attached hydrogens (tertiary/aromatic N) is 3. The summed E-state index contributed by atoms with van der Waals surface area (Å²) in [6.07, 6.45) is 0. The Labute approximate surface area is 123 Å². The Hall–Kier alpha value is -1.89. The fourth-order valence-electron chi connectivity index (χ4n) is 2.92. The van der Waals surface area contributed by atoms with E-state index in [0.29, 0.717) is 38.5 Å². The Morgan fingerprint density at radius 3 is 3.05 bits per heavy atom. The van der Waals surface area contributed by atoms with E-state index in [2.05, 4.69) is 10.4 Å². The monoisotopic (exact) mass is 292 g/mol. The zero-order chi connectivity index (χ0) is 15.0. The molecule has 7 nitrogen and oxygen atoms in total. The molecule has 2 atom stereocenters. The number of hydrogen-bond acceptors (Lipinski definition) is 4. The maximum absolute atomic E-state index is 12.8. The zero-order valence-electron chi connectivity index (χ0n) is 12.3. The average molecular weight is 292 g/mol. The molecule has 3 heterocycles. The van der Waals surface area contributed by atoms with E-state index in [9.17, 15) is 9.59 Å². The van der Waals surface area contributed by atoms with Gasteiger partial charge in [0.15, 0.2) is 0 Å². The van der Waals surface area contributed by atoms with Crippen LogP contribution in [0.5, 0.6) is 0 Å². The van der Waals surface area contributed by atoms with Gasteiger partial charge in [-0.2, -0.15) is 5.10 Å². The highest BCUT2D eigenvalue weighted by Gasteiger charge is 2.36. The topological polar surface area (TPSA) is 76.5 Å². The Kier molecular flexibility index (Phi) is 3.67. The summed E-state index contributed by atoms with van der Waals surface area (Å²) in [5, 5.41) is 7.25. The van der Waals surface area contributed by atoms with Gasteiger partial charge in [0.2, 0.25) is 5.91 Å². The molecule has 0 saturated carbocycles. The fourth-order valence-corrected chi connectivity index (χ4v) is 2.92. The number of nitrogens with one attached hydrogen (secondary N) is 1. The summed E-state index contributed by atoms with van der Waals surface area (Å²) < 4.78 is 7.19. The van der Waals surface area contributed by atoms with Gasteiger partial charge in [0.05, 0.1) is 30.9 Å². The summed E-state index contributed by atoms with van der Waals surface area (Å²) in [6.45, 7) is 6.19. The van der Waals surface area contributed by atoms with Crippen LogP contribution in [0, 0.1) is 12.8 Å². The van der Waals surface area contributed by atoms with Crippen molar-refractivity contribution in [2.75, 3.05) is 26.3 Å². The van der Waals surface area contributed by atoms with Crippen LogP contribution in [0.4, 0.5) is 0 Å². The van der Waals surface area contributed by atoms with E-state index in [0.717, 1.165) is 5.69 Å². The summed E-state index contributed by atoms with van der Waals surface area (Å²) in [5.41, 5.74) is 1.41. The number of hydrogen-bond donors (Lipinski definition) is 1. The molecule has 0 radical (unpaired) electrons. The second kappa shape index (κ2) is 5.48. The van der Waals surface area contributed by atoms with Gasteiger partial charge in [0.1, 0.15) is 5.69 Å². The summed E-state index contributed by atoms with van der Waals surface area (Å²) in [6, 6.07) is 1.67. The molecule has 2 saturated heterocycles. The van der Waals surface area contributed by atoms with Gasteiger partial charge >= 0.3 is 0 Å². The summed E-state index contributed by atoms with van der Waals surface area (Å²) in [4.78, 5) is 26.5. The third kappa shape index (κ3) is 2.65. The van der Waals surface area contributed by atoms with Crippen molar-refractivity contribution in [1.29, 1.82) is 0 Å². The number of amides is 2. The Balaban J connectivity index is 1.86. The number of carbonyl (C=O) groups is 2. The van der Waals surface area contributed by atoms with Crippen LogP contribution < -0.4 is 5.32 Å². The number of aryl methyl sites for hydroxylation is 2. The molecular formula is C14H20N4O3. The molecule has 0 spiro atoms. The first-order valence-corrected chi connectivity index (χ1v) is 7.30. The van der Waals surface area contributed by atoms with Crippen LogP contribution in [-0.2, 0) is 16.1 Å². The molecule has 2 aliphatic rings. The first kappa shape index (κ1) is 14.1. The molecular weight excluding hydrogens is 272 g/mol. The van der Waals surface area contributed by atoms with E-state index in [1.165, 1.54) is 0 Å². The zero-order valence-corrected chi connectivity index (χ0v) is 12.3. The van der Waals surface area contributed by atoms with Gasteiger partial charge in [-0.05, 0) is 19.9 Å². The normalized spacial score (nSPS) is 25.4. The molecule has 1 N–H and O–H groups in total. The van der Waals surface area contributed by atoms with Gasteiger partial charge in [0.25, 0.3) is 5.91 Å². The van der Waals surface area contributed by atoms with Gasteiger partial charge in [-0.25, -0.2) is 0 Å². The van der Waals surface area contributed by atoms with Crippen molar-refractivity contribution in [2.45, 2.75) is 26.4 Å². The molecule has 3 rings (SSSR count). The highest BCUT2D eigenvalue weighted by atomic mass is 16.5. The minimum atomic E-state index is -0.291. The first-order chi connectivity index (χ1) is 10.1. The van der Waals surface area contributed by atoms with Crippen molar-refractivity contribution in [3.05, 3.63) is 17.5 Å². The number of fused-ring (bicyclic) bond motifs is 3. The third-order valence-electron chi connectivity index (χ3n) is 3.94. The Morgan fingerprint density at radius 2 is 2.29 bits per heavy atom. The van der Waals surface area contributed by atoms with Gasteiger partial charge in [-0.15, -0.1) is 0 Å². The SMILES string of the molecule is CCn1nc(C)cc1C(=O)N1C[C@H]2COC[C@@H](C1)C(=O)N2. The summed E-state index contributed by atoms with van der Waals surface area (Å²) >= 11 is 0. The highest BCUT2D eigenvalue weighted by molar-refractivity contribution is 5.93. The lowest BCUT2D eigenvalue weighted by atomic mass is 10.1.